The predicted molar refractivity (Wildman–Crippen MR) is 118 cm³/mol. The smallest absolute Gasteiger partial charge is 0.222 e. The summed E-state index contributed by atoms with van der Waals surface area (Å²) in [6.07, 6.45) is 6.51. The monoisotopic (exact) mass is 410 g/mol. The Balaban J connectivity index is 1.50. The van der Waals surface area contributed by atoms with E-state index in [0.717, 1.165) is 56.6 Å². The molecule has 0 saturated carbocycles. The van der Waals surface area contributed by atoms with Crippen molar-refractivity contribution in [1.82, 2.24) is 20.0 Å². The Labute approximate surface area is 179 Å². The van der Waals surface area contributed by atoms with Crippen LogP contribution in [0.25, 0.3) is 5.69 Å². The average molecular weight is 411 g/mol. The number of hydrogen-bond donors (Lipinski definition) is 1. The van der Waals surface area contributed by atoms with E-state index in [0.29, 0.717) is 25.8 Å². The molecule has 1 heterocycles. The van der Waals surface area contributed by atoms with Gasteiger partial charge in [-0.05, 0) is 56.2 Å². The molecule has 0 unspecified atom stereocenters. The zero-order valence-corrected chi connectivity index (χ0v) is 18.3. The highest BCUT2D eigenvalue weighted by Gasteiger charge is 2.23. The first-order chi connectivity index (χ1) is 14.6. The number of rotatable bonds is 11. The lowest BCUT2D eigenvalue weighted by Gasteiger charge is -2.21. The Morgan fingerprint density at radius 1 is 1.07 bits per heavy atom. The van der Waals surface area contributed by atoms with Gasteiger partial charge in [0.05, 0.1) is 17.9 Å². The quantitative estimate of drug-likeness (QED) is 0.613. The van der Waals surface area contributed by atoms with Gasteiger partial charge in [-0.15, -0.1) is 0 Å². The fourth-order valence-electron chi connectivity index (χ4n) is 4.17. The maximum absolute atomic E-state index is 12.3. The molecule has 0 saturated heterocycles. The summed E-state index contributed by atoms with van der Waals surface area (Å²) in [7, 11) is 0. The van der Waals surface area contributed by atoms with Gasteiger partial charge in [0.15, 0.2) is 0 Å². The van der Waals surface area contributed by atoms with Crippen molar-refractivity contribution < 1.29 is 9.59 Å². The molecule has 1 aliphatic rings. The summed E-state index contributed by atoms with van der Waals surface area (Å²) in [5.74, 6) is 0.146. The van der Waals surface area contributed by atoms with Crippen LogP contribution in [0.5, 0.6) is 0 Å². The fraction of sp³-hybridized carbons (Fsp3) is 0.542. The minimum atomic E-state index is -0.0126. The van der Waals surface area contributed by atoms with E-state index < -0.39 is 0 Å². The summed E-state index contributed by atoms with van der Waals surface area (Å²) in [5.41, 5.74) is 4.58. The van der Waals surface area contributed by atoms with E-state index in [2.05, 4.69) is 31.3 Å². The maximum atomic E-state index is 12.3. The Hall–Kier alpha value is -2.63. The number of hydrogen-bond acceptors (Lipinski definition) is 3. The second-order valence-electron chi connectivity index (χ2n) is 7.98. The molecule has 0 bridgehead atoms. The molecule has 1 aromatic heterocycles. The third-order valence-electron chi connectivity index (χ3n) is 5.60. The molecule has 6 heteroatoms. The molecule has 0 fully saturated rings. The van der Waals surface area contributed by atoms with Crippen LogP contribution in [-0.2, 0) is 29.0 Å². The molecule has 2 amide bonds. The number of fused-ring (bicyclic) bond motifs is 1. The van der Waals surface area contributed by atoms with Crippen LogP contribution in [0.15, 0.2) is 30.3 Å². The van der Waals surface area contributed by atoms with E-state index in [-0.39, 0.29) is 11.8 Å². The number of aromatic nitrogens is 2. The molecule has 2 aromatic rings. The Kier molecular flexibility index (Phi) is 8.05. The normalized spacial score (nSPS) is 12.6. The molecule has 162 valence electrons. The third-order valence-corrected chi connectivity index (χ3v) is 5.60. The maximum Gasteiger partial charge on any atom is 0.222 e. The second kappa shape index (κ2) is 11.0. The lowest BCUT2D eigenvalue weighted by molar-refractivity contribution is -0.131. The van der Waals surface area contributed by atoms with E-state index in [1.54, 1.807) is 0 Å². The summed E-state index contributed by atoms with van der Waals surface area (Å²) in [6.45, 7) is 6.22. The Bertz CT molecular complexity index is 838. The molecule has 0 spiro atoms. The topological polar surface area (TPSA) is 67.2 Å². The number of carbonyl (C=O) groups excluding carboxylic acids is 2. The lowest BCUT2D eigenvalue weighted by Crippen LogP contribution is -2.32. The van der Waals surface area contributed by atoms with Crippen molar-refractivity contribution >= 4 is 11.8 Å². The molecule has 1 aromatic carbocycles. The van der Waals surface area contributed by atoms with Crippen LogP contribution in [-0.4, -0.2) is 39.6 Å². The highest BCUT2D eigenvalue weighted by Crippen LogP contribution is 2.27. The first-order valence-corrected chi connectivity index (χ1v) is 11.3. The third kappa shape index (κ3) is 5.49. The van der Waals surface area contributed by atoms with Crippen molar-refractivity contribution in [3.63, 3.8) is 0 Å². The van der Waals surface area contributed by atoms with Crippen molar-refractivity contribution in [2.45, 2.75) is 71.8 Å². The molecule has 0 aliphatic heterocycles. The summed E-state index contributed by atoms with van der Waals surface area (Å²) in [4.78, 5) is 26.6. The number of para-hydroxylation sites is 1. The van der Waals surface area contributed by atoms with E-state index in [4.69, 9.17) is 5.10 Å². The Morgan fingerprint density at radius 3 is 2.50 bits per heavy atom. The minimum Gasteiger partial charge on any atom is -0.350 e. The standard InChI is InChI=1S/C24H34N4O2/c1-3-16-27(17-4-2)24(30)15-9-14-23(29)25-18-21-20-12-8-13-22(20)28(26-21)19-10-6-5-7-11-19/h5-7,10-11H,3-4,8-9,12-18H2,1-2H3,(H,25,29). The van der Waals surface area contributed by atoms with Crippen LogP contribution < -0.4 is 5.32 Å². The SMILES string of the molecule is CCCN(CCC)C(=O)CCCC(=O)NCc1nn(-c2ccccc2)c2c1CCC2. The predicted octanol–water partition coefficient (Wildman–Crippen LogP) is 3.80. The van der Waals surface area contributed by atoms with Crippen molar-refractivity contribution in [3.8, 4) is 5.69 Å². The largest absolute Gasteiger partial charge is 0.350 e. The van der Waals surface area contributed by atoms with Crippen molar-refractivity contribution in [2.75, 3.05) is 13.1 Å². The van der Waals surface area contributed by atoms with Gasteiger partial charge in [-0.2, -0.15) is 5.10 Å². The lowest BCUT2D eigenvalue weighted by atomic mass is 10.2. The molecule has 3 rings (SSSR count). The van der Waals surface area contributed by atoms with Crippen molar-refractivity contribution in [1.29, 1.82) is 0 Å². The van der Waals surface area contributed by atoms with E-state index in [1.807, 2.05) is 27.8 Å². The van der Waals surface area contributed by atoms with Crippen LogP contribution in [0.4, 0.5) is 0 Å². The molecule has 1 N–H and O–H groups in total. The van der Waals surface area contributed by atoms with Crippen molar-refractivity contribution in [3.05, 3.63) is 47.3 Å². The summed E-state index contributed by atoms with van der Waals surface area (Å²) in [5, 5.41) is 7.79. The number of nitrogens with zero attached hydrogens (tertiary/aromatic N) is 3. The van der Waals surface area contributed by atoms with Crippen LogP contribution in [0.3, 0.4) is 0 Å². The van der Waals surface area contributed by atoms with Crippen molar-refractivity contribution in [2.24, 2.45) is 0 Å². The molecule has 30 heavy (non-hydrogen) atoms. The molecule has 0 atom stereocenters. The van der Waals surface area contributed by atoms with Gasteiger partial charge in [-0.1, -0.05) is 32.0 Å². The molecular formula is C24H34N4O2. The number of nitrogens with one attached hydrogen (secondary N) is 1. The van der Waals surface area contributed by atoms with E-state index >= 15 is 0 Å². The van der Waals surface area contributed by atoms with E-state index in [9.17, 15) is 9.59 Å². The minimum absolute atomic E-state index is 0.0126. The molecule has 1 aliphatic carbocycles. The van der Waals surface area contributed by atoms with Crippen LogP contribution in [0, 0.1) is 0 Å². The molecule has 0 radical (unpaired) electrons. The zero-order chi connectivity index (χ0) is 21.3. The zero-order valence-electron chi connectivity index (χ0n) is 18.3. The van der Waals surface area contributed by atoms with Gasteiger partial charge in [0.25, 0.3) is 0 Å². The first kappa shape index (κ1) is 22.1. The molecular weight excluding hydrogens is 376 g/mol. The van der Waals surface area contributed by atoms with Gasteiger partial charge in [0.2, 0.25) is 11.8 Å². The molecule has 6 nitrogen and oxygen atoms in total. The second-order valence-corrected chi connectivity index (χ2v) is 7.98. The van der Waals surface area contributed by atoms with Gasteiger partial charge in [-0.25, -0.2) is 4.68 Å². The van der Waals surface area contributed by atoms with Crippen LogP contribution >= 0.6 is 0 Å². The van der Waals surface area contributed by atoms with Gasteiger partial charge in [-0.3, -0.25) is 9.59 Å². The highest BCUT2D eigenvalue weighted by molar-refractivity contribution is 5.79. The van der Waals surface area contributed by atoms with Gasteiger partial charge < -0.3 is 10.2 Å². The fourth-order valence-corrected chi connectivity index (χ4v) is 4.17. The van der Waals surface area contributed by atoms with E-state index in [1.165, 1.54) is 11.3 Å². The van der Waals surface area contributed by atoms with Crippen LogP contribution in [0.1, 0.15) is 69.3 Å². The summed E-state index contributed by atoms with van der Waals surface area (Å²) < 4.78 is 2.03. The number of carbonyl (C=O) groups is 2. The summed E-state index contributed by atoms with van der Waals surface area (Å²) in [6, 6.07) is 10.2. The Morgan fingerprint density at radius 2 is 1.80 bits per heavy atom. The van der Waals surface area contributed by atoms with Gasteiger partial charge >= 0.3 is 0 Å². The van der Waals surface area contributed by atoms with Gasteiger partial charge in [0.1, 0.15) is 0 Å². The number of benzene rings is 1. The first-order valence-electron chi connectivity index (χ1n) is 11.3. The number of amides is 2. The summed E-state index contributed by atoms with van der Waals surface area (Å²) >= 11 is 0. The highest BCUT2D eigenvalue weighted by atomic mass is 16.2. The van der Waals surface area contributed by atoms with Gasteiger partial charge in [0, 0.05) is 31.6 Å². The van der Waals surface area contributed by atoms with Crippen LogP contribution in [0.2, 0.25) is 0 Å². The average Bonchev–Trinajstić information content (AvgIpc) is 3.36.